The largest absolute Gasteiger partial charge is 0.478 e. The summed E-state index contributed by atoms with van der Waals surface area (Å²) < 4.78 is 0. The number of aromatic nitrogens is 1. The Morgan fingerprint density at radius 3 is 2.55 bits per heavy atom. The standard InChI is InChI=1S/C15H13N3O2/c16-9-13-5-6-14(10-18-13)17-8-7-11-1-3-12(4-2-11)15(19)20/h1-6,10,17H,7-8H2,(H,19,20). The van der Waals surface area contributed by atoms with Gasteiger partial charge in [0.05, 0.1) is 17.4 Å². The molecule has 2 aromatic rings. The van der Waals surface area contributed by atoms with Crippen LogP contribution in [0.3, 0.4) is 0 Å². The molecule has 0 unspecified atom stereocenters. The van der Waals surface area contributed by atoms with E-state index in [4.69, 9.17) is 10.4 Å². The Morgan fingerprint density at radius 2 is 2.00 bits per heavy atom. The molecule has 2 rings (SSSR count). The fourth-order valence-corrected chi connectivity index (χ4v) is 1.73. The van der Waals surface area contributed by atoms with E-state index in [-0.39, 0.29) is 5.56 Å². The summed E-state index contributed by atoms with van der Waals surface area (Å²) in [5, 5.41) is 20.6. The van der Waals surface area contributed by atoms with Crippen molar-refractivity contribution in [2.75, 3.05) is 11.9 Å². The first-order chi connectivity index (χ1) is 9.69. The van der Waals surface area contributed by atoms with Gasteiger partial charge in [-0.2, -0.15) is 5.26 Å². The lowest BCUT2D eigenvalue weighted by molar-refractivity contribution is 0.0697. The molecule has 5 heteroatoms. The van der Waals surface area contributed by atoms with Gasteiger partial charge in [0.25, 0.3) is 0 Å². The second-order valence-corrected chi connectivity index (χ2v) is 4.22. The highest BCUT2D eigenvalue weighted by atomic mass is 16.4. The van der Waals surface area contributed by atoms with Crippen LogP contribution in [0.25, 0.3) is 0 Å². The second kappa shape index (κ2) is 6.34. The van der Waals surface area contributed by atoms with E-state index < -0.39 is 5.97 Å². The monoisotopic (exact) mass is 267 g/mol. The molecule has 0 saturated carbocycles. The third-order valence-electron chi connectivity index (χ3n) is 2.82. The van der Waals surface area contributed by atoms with Crippen LogP contribution < -0.4 is 5.32 Å². The highest BCUT2D eigenvalue weighted by Crippen LogP contribution is 2.08. The van der Waals surface area contributed by atoms with Crippen LogP contribution in [0, 0.1) is 11.3 Å². The number of nitrogens with zero attached hydrogens (tertiary/aromatic N) is 2. The fourth-order valence-electron chi connectivity index (χ4n) is 1.73. The summed E-state index contributed by atoms with van der Waals surface area (Å²) in [5.41, 5.74) is 2.59. The van der Waals surface area contributed by atoms with Gasteiger partial charge in [0, 0.05) is 6.54 Å². The summed E-state index contributed by atoms with van der Waals surface area (Å²) in [5.74, 6) is -0.918. The molecular weight excluding hydrogens is 254 g/mol. The van der Waals surface area contributed by atoms with Crippen molar-refractivity contribution in [3.8, 4) is 6.07 Å². The molecule has 100 valence electrons. The number of pyridine rings is 1. The van der Waals surface area contributed by atoms with Crippen LogP contribution in [0.4, 0.5) is 5.69 Å². The number of rotatable bonds is 5. The molecule has 0 bridgehead atoms. The van der Waals surface area contributed by atoms with E-state index in [1.54, 1.807) is 30.5 Å². The molecule has 0 fully saturated rings. The molecule has 1 heterocycles. The summed E-state index contributed by atoms with van der Waals surface area (Å²) in [6, 6.07) is 12.2. The molecule has 20 heavy (non-hydrogen) atoms. The van der Waals surface area contributed by atoms with Gasteiger partial charge in [-0.1, -0.05) is 12.1 Å². The summed E-state index contributed by atoms with van der Waals surface area (Å²) in [7, 11) is 0. The van der Waals surface area contributed by atoms with Gasteiger partial charge in [-0.3, -0.25) is 0 Å². The molecule has 0 aliphatic rings. The number of hydrogen-bond acceptors (Lipinski definition) is 4. The van der Waals surface area contributed by atoms with Gasteiger partial charge >= 0.3 is 5.97 Å². The van der Waals surface area contributed by atoms with Gasteiger partial charge in [-0.15, -0.1) is 0 Å². The molecule has 0 aliphatic carbocycles. The van der Waals surface area contributed by atoms with E-state index in [0.29, 0.717) is 12.2 Å². The van der Waals surface area contributed by atoms with Crippen LogP contribution in [0.5, 0.6) is 0 Å². The van der Waals surface area contributed by atoms with Gasteiger partial charge in [-0.05, 0) is 36.2 Å². The molecule has 1 aromatic carbocycles. The van der Waals surface area contributed by atoms with Gasteiger partial charge in [0.2, 0.25) is 0 Å². The Kier molecular flexibility index (Phi) is 4.30. The minimum atomic E-state index is -0.918. The molecule has 5 nitrogen and oxygen atoms in total. The maximum atomic E-state index is 10.7. The number of carboxylic acid groups (broad SMARTS) is 1. The number of anilines is 1. The van der Waals surface area contributed by atoms with Gasteiger partial charge in [0.15, 0.2) is 0 Å². The van der Waals surface area contributed by atoms with E-state index in [0.717, 1.165) is 17.7 Å². The molecular formula is C15H13N3O2. The Hall–Kier alpha value is -2.87. The van der Waals surface area contributed by atoms with Crippen molar-refractivity contribution < 1.29 is 9.90 Å². The zero-order valence-corrected chi connectivity index (χ0v) is 10.7. The maximum Gasteiger partial charge on any atom is 0.335 e. The molecule has 2 N–H and O–H groups in total. The van der Waals surface area contributed by atoms with Crippen molar-refractivity contribution in [3.05, 3.63) is 59.4 Å². The van der Waals surface area contributed by atoms with Gasteiger partial charge < -0.3 is 10.4 Å². The number of nitriles is 1. The van der Waals surface area contributed by atoms with Gasteiger partial charge in [-0.25, -0.2) is 9.78 Å². The van der Waals surface area contributed by atoms with Crippen LogP contribution in [0.2, 0.25) is 0 Å². The van der Waals surface area contributed by atoms with Crippen LogP contribution in [-0.4, -0.2) is 22.6 Å². The predicted molar refractivity (Wildman–Crippen MR) is 74.5 cm³/mol. The quantitative estimate of drug-likeness (QED) is 0.868. The highest BCUT2D eigenvalue weighted by Gasteiger charge is 2.01. The minimum Gasteiger partial charge on any atom is -0.478 e. The molecule has 0 saturated heterocycles. The van der Waals surface area contributed by atoms with Crippen molar-refractivity contribution in [1.29, 1.82) is 5.26 Å². The van der Waals surface area contributed by atoms with Gasteiger partial charge in [0.1, 0.15) is 11.8 Å². The van der Waals surface area contributed by atoms with E-state index >= 15 is 0 Å². The lowest BCUT2D eigenvalue weighted by Gasteiger charge is -2.06. The topological polar surface area (TPSA) is 86.0 Å². The van der Waals surface area contributed by atoms with Crippen LogP contribution in [0.15, 0.2) is 42.6 Å². The first-order valence-electron chi connectivity index (χ1n) is 6.11. The summed E-state index contributed by atoms with van der Waals surface area (Å²) in [6.45, 7) is 0.708. The average Bonchev–Trinajstić information content (AvgIpc) is 2.48. The molecule has 0 aliphatic heterocycles. The third kappa shape index (κ3) is 3.56. The van der Waals surface area contributed by atoms with Crippen molar-refractivity contribution in [2.45, 2.75) is 6.42 Å². The zero-order chi connectivity index (χ0) is 14.4. The van der Waals surface area contributed by atoms with E-state index in [2.05, 4.69) is 10.3 Å². The van der Waals surface area contributed by atoms with E-state index in [9.17, 15) is 4.79 Å². The van der Waals surface area contributed by atoms with Crippen LogP contribution in [0.1, 0.15) is 21.6 Å². The normalized spacial score (nSPS) is 9.75. The fraction of sp³-hybridized carbons (Fsp3) is 0.133. The zero-order valence-electron chi connectivity index (χ0n) is 10.7. The number of nitrogens with one attached hydrogen (secondary N) is 1. The van der Waals surface area contributed by atoms with Crippen molar-refractivity contribution >= 4 is 11.7 Å². The Balaban J connectivity index is 1.86. The van der Waals surface area contributed by atoms with Crippen LogP contribution >= 0.6 is 0 Å². The number of hydrogen-bond donors (Lipinski definition) is 2. The minimum absolute atomic E-state index is 0.290. The SMILES string of the molecule is N#Cc1ccc(NCCc2ccc(C(=O)O)cc2)cn1. The van der Waals surface area contributed by atoms with Crippen molar-refractivity contribution in [2.24, 2.45) is 0 Å². The molecule has 0 radical (unpaired) electrons. The number of aromatic carboxylic acids is 1. The van der Waals surface area contributed by atoms with E-state index in [1.165, 1.54) is 0 Å². The van der Waals surface area contributed by atoms with E-state index in [1.807, 2.05) is 18.2 Å². The van der Waals surface area contributed by atoms with Crippen LogP contribution in [-0.2, 0) is 6.42 Å². The first-order valence-corrected chi connectivity index (χ1v) is 6.11. The Morgan fingerprint density at radius 1 is 1.25 bits per heavy atom. The average molecular weight is 267 g/mol. The predicted octanol–water partition coefficient (Wildman–Crippen LogP) is 2.31. The molecule has 0 spiro atoms. The maximum absolute atomic E-state index is 10.7. The number of carboxylic acids is 1. The number of carbonyl (C=O) groups is 1. The smallest absolute Gasteiger partial charge is 0.335 e. The Bertz CT molecular complexity index is 628. The van der Waals surface area contributed by atoms with Crippen molar-refractivity contribution in [3.63, 3.8) is 0 Å². The van der Waals surface area contributed by atoms with Crippen molar-refractivity contribution in [1.82, 2.24) is 4.98 Å². The summed E-state index contributed by atoms with van der Waals surface area (Å²) >= 11 is 0. The Labute approximate surface area is 116 Å². The second-order valence-electron chi connectivity index (χ2n) is 4.22. The lowest BCUT2D eigenvalue weighted by atomic mass is 10.1. The molecule has 0 amide bonds. The first kappa shape index (κ1) is 13.6. The third-order valence-corrected chi connectivity index (χ3v) is 2.82. The number of benzene rings is 1. The summed E-state index contributed by atoms with van der Waals surface area (Å²) in [4.78, 5) is 14.7. The molecule has 0 atom stereocenters. The summed E-state index contributed by atoms with van der Waals surface area (Å²) in [6.07, 6.45) is 2.39. The highest BCUT2D eigenvalue weighted by molar-refractivity contribution is 5.87. The lowest BCUT2D eigenvalue weighted by Crippen LogP contribution is -2.05. The molecule has 1 aromatic heterocycles.